The topological polar surface area (TPSA) is 107 Å². The van der Waals surface area contributed by atoms with E-state index in [0.717, 1.165) is 10.9 Å². The molecule has 7 nitrogen and oxygen atoms in total. The average Bonchev–Trinajstić information content (AvgIpc) is 2.50. The second kappa shape index (κ2) is 5.54. The number of nitrogen functional groups attached to an aromatic ring is 1. The number of nitrogens with one attached hydrogen (secondary N) is 1. The maximum atomic E-state index is 13.3. The molecule has 0 bridgehead atoms. The molecule has 1 aliphatic rings. The molecule has 11 heteroatoms. The van der Waals surface area contributed by atoms with Gasteiger partial charge in [-0.3, -0.25) is 24.3 Å². The van der Waals surface area contributed by atoms with Crippen LogP contribution < -0.4 is 27.5 Å². The lowest BCUT2D eigenvalue weighted by Crippen LogP contribution is -2.60. The molecule has 0 radical (unpaired) electrons. The van der Waals surface area contributed by atoms with Crippen molar-refractivity contribution in [3.8, 4) is 0 Å². The highest BCUT2D eigenvalue weighted by Gasteiger charge is 2.45. The number of aromatic nitrogens is 2. The zero-order valence-electron chi connectivity index (χ0n) is 15.1. The van der Waals surface area contributed by atoms with Gasteiger partial charge in [-0.15, -0.1) is 0 Å². The Morgan fingerprint density at radius 1 is 1.32 bits per heavy atom. The van der Waals surface area contributed by atoms with Crippen molar-refractivity contribution in [1.82, 2.24) is 14.9 Å². The number of benzene rings is 1. The van der Waals surface area contributed by atoms with Crippen molar-refractivity contribution in [2.75, 3.05) is 5.73 Å². The average molecular weight is 334 g/mol. The second-order valence-electron chi connectivity index (χ2n) is 7.14. The Kier molecular flexibility index (Phi) is 3.85. The summed E-state index contributed by atoms with van der Waals surface area (Å²) in [6, 6.07) is 1.89. The lowest BCUT2D eigenvalue weighted by molar-refractivity contribution is -0.137. The predicted octanol–water partition coefficient (Wildman–Crippen LogP) is -5.44. The maximum absolute atomic E-state index is 13.3. The Bertz CT molecular complexity index is 1010. The molecule has 2 aromatic rings. The summed E-state index contributed by atoms with van der Waals surface area (Å²) in [5, 5.41) is 2.68. The summed E-state index contributed by atoms with van der Waals surface area (Å²) in [5.74, 6) is -0.789. The first-order valence-electron chi connectivity index (χ1n) is 8.22. The number of nitrogens with two attached hydrogens (primary N) is 1. The van der Waals surface area contributed by atoms with Crippen molar-refractivity contribution in [2.45, 2.75) is 24.6 Å². The number of carbonyl (C=O) groups excluding carboxylic acids is 2. The second-order valence-corrected chi connectivity index (χ2v) is 7.14. The van der Waals surface area contributed by atoms with Crippen LogP contribution in [0.4, 0.5) is 5.69 Å². The van der Waals surface area contributed by atoms with Gasteiger partial charge >= 0.3 is 0 Å². The zero-order chi connectivity index (χ0) is 18.7. The van der Waals surface area contributed by atoms with E-state index in [-0.39, 0.29) is 23.7 Å². The van der Waals surface area contributed by atoms with Gasteiger partial charge in [0, 0.05) is 11.5 Å². The fourth-order valence-corrected chi connectivity index (χ4v) is 3.75. The molecule has 3 rings (SSSR count). The number of fused-ring (bicyclic) bond motifs is 1. The van der Waals surface area contributed by atoms with Crippen LogP contribution in [-0.4, -0.2) is 52.8 Å². The van der Waals surface area contributed by atoms with Crippen molar-refractivity contribution in [1.29, 1.82) is 0 Å². The number of aryl methyl sites for hydroxylation is 1. The van der Waals surface area contributed by atoms with Crippen LogP contribution in [-0.2, 0) is 15.0 Å². The number of rotatable bonds is 1. The van der Waals surface area contributed by atoms with Crippen molar-refractivity contribution in [2.24, 2.45) is 0 Å². The van der Waals surface area contributed by atoms with E-state index < -0.39 is 11.3 Å². The molecular formula is C14H18B4N4O3. The largest absolute Gasteiger partial charge is 0.398 e. The number of carbonyl (C=O) groups is 2. The Morgan fingerprint density at radius 2 is 1.96 bits per heavy atom. The SMILES string of the molecule is Bc1cc(B)c2nc(C)n(C3(B)CC(B)C(=O)NC3=O)c(=O)c2c1N. The van der Waals surface area contributed by atoms with Gasteiger partial charge in [0.1, 0.15) is 37.2 Å². The number of nitrogens with zero attached hydrogens (tertiary/aromatic N) is 2. The Hall–Kier alpha value is -2.44. The van der Waals surface area contributed by atoms with Gasteiger partial charge in [0.25, 0.3) is 5.56 Å². The minimum atomic E-state index is -1.19. The molecular weight excluding hydrogens is 315 g/mol. The van der Waals surface area contributed by atoms with Gasteiger partial charge in [-0.25, -0.2) is 4.98 Å². The van der Waals surface area contributed by atoms with Crippen LogP contribution in [0.3, 0.4) is 0 Å². The van der Waals surface area contributed by atoms with Gasteiger partial charge in [-0.1, -0.05) is 17.0 Å². The molecule has 124 valence electrons. The standard InChI is InChI=1S/C14H18B4N4O3/c1-4-20-10-6(16)2-5(15)9(19)8(10)12(24)22(4)14(18)3-7(17)11(23)21-13(14)25/h2,7H,3,15-19H2,1H3,(H,21,23,25). The Morgan fingerprint density at radius 3 is 2.60 bits per heavy atom. The minimum absolute atomic E-state index is 0.232. The highest BCUT2D eigenvalue weighted by atomic mass is 16.2. The first-order valence-corrected chi connectivity index (χ1v) is 8.22. The first kappa shape index (κ1) is 17.4. The number of hydrogen-bond acceptors (Lipinski definition) is 5. The predicted molar refractivity (Wildman–Crippen MR) is 108 cm³/mol. The molecule has 2 amide bonds. The van der Waals surface area contributed by atoms with E-state index >= 15 is 0 Å². The van der Waals surface area contributed by atoms with E-state index in [9.17, 15) is 14.4 Å². The number of anilines is 1. The van der Waals surface area contributed by atoms with Crippen molar-refractivity contribution < 1.29 is 9.59 Å². The smallest absolute Gasteiger partial charge is 0.263 e. The van der Waals surface area contributed by atoms with Crippen LogP contribution >= 0.6 is 0 Å². The summed E-state index contributed by atoms with van der Waals surface area (Å²) < 4.78 is 1.38. The van der Waals surface area contributed by atoms with Gasteiger partial charge in [-0.05, 0) is 13.3 Å². The molecule has 2 atom stereocenters. The minimum Gasteiger partial charge on any atom is -0.398 e. The van der Waals surface area contributed by atoms with E-state index in [4.69, 9.17) is 5.73 Å². The van der Waals surface area contributed by atoms with E-state index in [1.807, 2.05) is 21.8 Å². The molecule has 1 fully saturated rings. The van der Waals surface area contributed by atoms with Gasteiger partial charge in [0.05, 0.1) is 16.3 Å². The fourth-order valence-electron chi connectivity index (χ4n) is 3.75. The third-order valence-electron chi connectivity index (χ3n) is 5.12. The van der Waals surface area contributed by atoms with E-state index in [1.54, 1.807) is 22.6 Å². The summed E-state index contributed by atoms with van der Waals surface area (Å²) in [6.07, 6.45) is 0.232. The van der Waals surface area contributed by atoms with Gasteiger partial charge < -0.3 is 5.73 Å². The zero-order valence-corrected chi connectivity index (χ0v) is 15.1. The van der Waals surface area contributed by atoms with Crippen LogP contribution in [0.2, 0.25) is 5.82 Å². The Balaban J connectivity index is 2.38. The molecule has 1 aromatic heterocycles. The molecule has 25 heavy (non-hydrogen) atoms. The summed E-state index contributed by atoms with van der Waals surface area (Å²) >= 11 is 0. The van der Waals surface area contributed by atoms with E-state index in [2.05, 4.69) is 10.3 Å². The van der Waals surface area contributed by atoms with Crippen molar-refractivity contribution in [3.05, 3.63) is 22.2 Å². The van der Waals surface area contributed by atoms with Crippen molar-refractivity contribution >= 4 is 70.7 Å². The van der Waals surface area contributed by atoms with Crippen LogP contribution in [0.15, 0.2) is 10.9 Å². The molecule has 0 spiro atoms. The molecule has 1 aliphatic heterocycles. The molecule has 2 heterocycles. The van der Waals surface area contributed by atoms with Gasteiger partial charge in [-0.2, -0.15) is 0 Å². The lowest BCUT2D eigenvalue weighted by atomic mass is 9.63. The van der Waals surface area contributed by atoms with Crippen LogP contribution in [0.1, 0.15) is 12.2 Å². The number of amides is 2. The van der Waals surface area contributed by atoms with Gasteiger partial charge in [0.15, 0.2) is 0 Å². The van der Waals surface area contributed by atoms with Crippen LogP contribution in [0, 0.1) is 6.92 Å². The quantitative estimate of drug-likeness (QED) is 0.308. The fraction of sp³-hybridized carbons (Fsp3) is 0.286. The molecule has 0 aliphatic carbocycles. The molecule has 1 saturated heterocycles. The number of hydrogen-bond donors (Lipinski definition) is 2. The van der Waals surface area contributed by atoms with Crippen LogP contribution in [0.25, 0.3) is 10.9 Å². The third kappa shape index (κ3) is 2.41. The van der Waals surface area contributed by atoms with E-state index in [1.165, 1.54) is 4.57 Å². The summed E-state index contributed by atoms with van der Waals surface area (Å²) in [5.41, 5.74) is 7.17. The number of imide groups is 1. The normalized spacial score (nSPS) is 23.6. The van der Waals surface area contributed by atoms with Crippen molar-refractivity contribution in [3.63, 3.8) is 0 Å². The third-order valence-corrected chi connectivity index (χ3v) is 5.12. The summed E-state index contributed by atoms with van der Waals surface area (Å²) in [4.78, 5) is 42.2. The molecule has 1 aromatic carbocycles. The van der Waals surface area contributed by atoms with Crippen LogP contribution in [0.5, 0.6) is 0 Å². The maximum Gasteiger partial charge on any atom is 0.263 e. The molecule has 3 N–H and O–H groups in total. The molecule has 2 unspecified atom stereocenters. The first-order chi connectivity index (χ1) is 11.6. The lowest BCUT2D eigenvalue weighted by Gasteiger charge is -2.37. The molecule has 0 saturated carbocycles. The monoisotopic (exact) mass is 334 g/mol. The summed E-state index contributed by atoms with van der Waals surface area (Å²) in [7, 11) is 7.10. The highest BCUT2D eigenvalue weighted by molar-refractivity contribution is 6.45. The number of piperidine rings is 1. The Labute approximate surface area is 148 Å². The van der Waals surface area contributed by atoms with Gasteiger partial charge in [0.2, 0.25) is 11.8 Å². The summed E-state index contributed by atoms with van der Waals surface area (Å²) in [6.45, 7) is 1.69. The highest BCUT2D eigenvalue weighted by Crippen LogP contribution is 2.29. The van der Waals surface area contributed by atoms with E-state index in [0.29, 0.717) is 22.4 Å².